The van der Waals surface area contributed by atoms with E-state index < -0.39 is 14.5 Å². The zero-order chi connectivity index (χ0) is 11.5. The van der Waals surface area contributed by atoms with Crippen LogP contribution >= 0.6 is 14.5 Å². The summed E-state index contributed by atoms with van der Waals surface area (Å²) in [7, 11) is -4.42. The molecule has 0 atom stereocenters. The van der Waals surface area contributed by atoms with Crippen molar-refractivity contribution in [2.75, 3.05) is 0 Å². The van der Waals surface area contributed by atoms with Gasteiger partial charge in [0, 0.05) is 12.1 Å². The highest BCUT2D eigenvalue weighted by atomic mass is 32.5. The molecule has 0 saturated heterocycles. The Morgan fingerprint density at radius 3 is 2.07 bits per heavy atom. The molecule has 0 fully saturated rings. The third kappa shape index (κ3) is 5.51. The minimum atomic E-state index is -4.90. The maximum Gasteiger partial charge on any atom is 0.533 e. The molecular weight excluding hydrogens is 262 g/mol. The molecule has 84 valence electrons. The minimum Gasteiger partial charge on any atom is -0.302 e. The van der Waals surface area contributed by atoms with Gasteiger partial charge in [-0.05, 0) is 0 Å². The Balaban J connectivity index is 2.96. The molecule has 0 aromatic heterocycles. The summed E-state index contributed by atoms with van der Waals surface area (Å²) in [6.45, 7) is -4.13. The molecule has 9 heteroatoms. The second-order valence-electron chi connectivity index (χ2n) is 2.47. The molecule has 15 heavy (non-hydrogen) atoms. The molecule has 0 heterocycles. The normalized spacial score (nSPS) is 12.5. The molecule has 0 spiro atoms. The molecule has 0 amide bonds. The number of hydrogen-bond acceptors (Lipinski definition) is 2. The summed E-state index contributed by atoms with van der Waals surface area (Å²) in [5.74, 6) is 0. The van der Waals surface area contributed by atoms with Crippen LogP contribution in [0.2, 0.25) is 0 Å². The molecule has 4 N–H and O–H groups in total. The lowest BCUT2D eigenvalue weighted by Crippen LogP contribution is -1.88. The van der Waals surface area contributed by atoms with Crippen molar-refractivity contribution in [2.45, 2.75) is 4.90 Å². The minimum absolute atomic E-state index is 0.448. The highest BCUT2D eigenvalue weighted by molar-refractivity contribution is 8.17. The quantitative estimate of drug-likeness (QED) is 0.480. The second kappa shape index (κ2) is 4.82. The number of hydrogen-bond donors (Lipinski definition) is 4. The van der Waals surface area contributed by atoms with Gasteiger partial charge in [-0.15, -0.1) is 0 Å². The van der Waals surface area contributed by atoms with E-state index in [0.717, 1.165) is 0 Å². The molecule has 0 unspecified atom stereocenters. The van der Waals surface area contributed by atoms with Crippen LogP contribution in [-0.4, -0.2) is 19.6 Å². The fraction of sp³-hybridized carbons (Fsp3) is 0. The highest BCUT2D eigenvalue weighted by Gasteiger charge is 2.36. The van der Waals surface area contributed by atoms with Crippen LogP contribution in [0.4, 0.5) is 0 Å². The van der Waals surface area contributed by atoms with Gasteiger partial charge in [-0.3, -0.25) is 9.79 Å². The predicted molar refractivity (Wildman–Crippen MR) is 56.6 cm³/mol. The van der Waals surface area contributed by atoms with Crippen molar-refractivity contribution in [3.63, 3.8) is 0 Å². The molecule has 0 saturated carbocycles. The van der Waals surface area contributed by atoms with E-state index in [-0.39, 0.29) is 0 Å². The van der Waals surface area contributed by atoms with Gasteiger partial charge in [-0.1, -0.05) is 18.2 Å². The van der Waals surface area contributed by atoms with Gasteiger partial charge < -0.3 is 9.79 Å². The van der Waals surface area contributed by atoms with Crippen molar-refractivity contribution in [2.24, 2.45) is 0 Å². The monoisotopic (exact) mass is 271 g/mol. The van der Waals surface area contributed by atoms with E-state index in [4.69, 9.17) is 9.79 Å². The first-order valence-electron chi connectivity index (χ1n) is 3.65. The molecule has 6 nitrogen and oxygen atoms in total. The first kappa shape index (κ1) is 13.0. The van der Waals surface area contributed by atoms with Crippen LogP contribution in [0.1, 0.15) is 0 Å². The first-order chi connectivity index (χ1) is 6.79. The summed E-state index contributed by atoms with van der Waals surface area (Å²) in [6.07, 6.45) is 0. The maximum absolute atomic E-state index is 10.4. The van der Waals surface area contributed by atoms with Crippen LogP contribution in [0, 0.1) is 0 Å². The van der Waals surface area contributed by atoms with Gasteiger partial charge in [0.2, 0.25) is 4.90 Å². The van der Waals surface area contributed by atoms with E-state index in [2.05, 4.69) is 4.31 Å². The van der Waals surface area contributed by atoms with Gasteiger partial charge in [0.25, 0.3) is 10.9 Å². The second-order valence-corrected chi connectivity index (χ2v) is 7.71. The van der Waals surface area contributed by atoms with Gasteiger partial charge in [-0.25, -0.2) is 4.57 Å². The summed E-state index contributed by atoms with van der Waals surface area (Å²) >= 11 is 0. The lowest BCUT2D eigenvalue weighted by Gasteiger charge is -2.02. The Morgan fingerprint density at radius 2 is 1.60 bits per heavy atom. The standard InChI is InChI=1S/C6H8O6P2S/c7-13(8,9)12-14(10,11)15-6-4-2-1-3-5-6/h1-5H,(H3-,7,8,9,10,11)/p+1. The third-order valence-electron chi connectivity index (χ3n) is 1.18. The smallest absolute Gasteiger partial charge is 0.302 e. The van der Waals surface area contributed by atoms with Crippen LogP contribution in [0.3, 0.4) is 0 Å². The van der Waals surface area contributed by atoms with E-state index in [1.54, 1.807) is 30.3 Å². The Morgan fingerprint density at radius 1 is 1.07 bits per heavy atom. The lowest BCUT2D eigenvalue weighted by atomic mass is 10.4. The average Bonchev–Trinajstić information content (AvgIpc) is 1.99. The van der Waals surface area contributed by atoms with Crippen molar-refractivity contribution >= 4 is 25.5 Å². The summed E-state index contributed by atoms with van der Waals surface area (Å²) < 4.78 is 14.3. The fourth-order valence-electron chi connectivity index (χ4n) is 0.774. The molecule has 0 aliphatic rings. The van der Waals surface area contributed by atoms with Gasteiger partial charge in [-0.2, -0.15) is 4.31 Å². The average molecular weight is 271 g/mol. The Hall–Kier alpha value is -0.100. The molecular formula is C6H9O6P2S+. The van der Waals surface area contributed by atoms with Crippen molar-refractivity contribution in [1.29, 1.82) is 0 Å². The Kier molecular flexibility index (Phi) is 4.17. The van der Waals surface area contributed by atoms with Crippen LogP contribution in [0.15, 0.2) is 35.2 Å². The van der Waals surface area contributed by atoms with Crippen molar-refractivity contribution < 1.29 is 28.4 Å². The van der Waals surface area contributed by atoms with Crippen molar-refractivity contribution in [3.8, 4) is 0 Å². The van der Waals surface area contributed by atoms with E-state index >= 15 is 0 Å². The fourth-order valence-corrected chi connectivity index (χ4v) is 4.84. The lowest BCUT2D eigenvalue weighted by molar-refractivity contribution is 0.259. The molecule has 0 radical (unpaired) electrons. The third-order valence-corrected chi connectivity index (χ3v) is 5.55. The maximum atomic E-state index is 10.4. The van der Waals surface area contributed by atoms with Crippen LogP contribution < -0.4 is 0 Å². The van der Waals surface area contributed by atoms with Crippen molar-refractivity contribution in [1.82, 2.24) is 0 Å². The van der Waals surface area contributed by atoms with Gasteiger partial charge in [0.15, 0.2) is 0 Å². The topological polar surface area (TPSA) is 107 Å². The molecule has 0 aliphatic heterocycles. The number of rotatable bonds is 3. The zero-order valence-corrected chi connectivity index (χ0v) is 9.90. The van der Waals surface area contributed by atoms with Crippen molar-refractivity contribution in [3.05, 3.63) is 30.3 Å². The molecule has 1 aromatic carbocycles. The van der Waals surface area contributed by atoms with Gasteiger partial charge >= 0.3 is 14.5 Å². The molecule has 1 aromatic rings. The predicted octanol–water partition coefficient (Wildman–Crippen LogP) is 0.900. The number of benzene rings is 1. The van der Waals surface area contributed by atoms with E-state index in [9.17, 15) is 14.4 Å². The molecule has 1 rings (SSSR count). The summed E-state index contributed by atoms with van der Waals surface area (Å²) in [5, 5.41) is 0. The van der Waals surface area contributed by atoms with Gasteiger partial charge in [0.1, 0.15) is 0 Å². The van der Waals surface area contributed by atoms with Crippen LogP contribution in [0.5, 0.6) is 0 Å². The van der Waals surface area contributed by atoms with Crippen LogP contribution in [0.25, 0.3) is 0 Å². The van der Waals surface area contributed by atoms with Crippen LogP contribution in [-0.2, 0) is 19.8 Å². The molecule has 0 aliphatic carbocycles. The SMILES string of the molecule is O=P(O)(O)OP(O)(O)=[S+]c1ccccc1. The number of phosphoric acid groups is 1. The summed E-state index contributed by atoms with van der Waals surface area (Å²) in [6, 6.07) is 8.16. The first-order valence-corrected chi connectivity index (χ1v) is 8.21. The zero-order valence-electron chi connectivity index (χ0n) is 7.29. The largest absolute Gasteiger partial charge is 0.533 e. The van der Waals surface area contributed by atoms with Gasteiger partial charge in [0.05, 0.1) is 0 Å². The molecule has 0 bridgehead atoms. The highest BCUT2D eigenvalue weighted by Crippen LogP contribution is 2.56. The summed E-state index contributed by atoms with van der Waals surface area (Å²) in [4.78, 5) is 35.7. The summed E-state index contributed by atoms with van der Waals surface area (Å²) in [5.41, 5.74) is 0. The van der Waals surface area contributed by atoms with E-state index in [1.165, 1.54) is 0 Å². The Bertz CT molecular complexity index is 421. The Labute approximate surface area is 89.6 Å². The van der Waals surface area contributed by atoms with E-state index in [1.807, 2.05) is 0 Å². The van der Waals surface area contributed by atoms with E-state index in [0.29, 0.717) is 15.8 Å².